The number of fused-ring (bicyclic) bond motifs is 1. The smallest absolute Gasteiger partial charge is 0.274 e. The van der Waals surface area contributed by atoms with E-state index >= 15 is 0 Å². The maximum absolute atomic E-state index is 11.4. The minimum atomic E-state index is -1.56. The Hall–Kier alpha value is -1.89. The lowest BCUT2D eigenvalue weighted by Gasteiger charge is -2.32. The first-order chi connectivity index (χ1) is 6.53. The molecule has 2 rings (SSSR count). The molecule has 0 saturated carbocycles. The van der Waals surface area contributed by atoms with Crippen molar-refractivity contribution < 1.29 is 9.59 Å². The second-order valence-electron chi connectivity index (χ2n) is 3.07. The van der Waals surface area contributed by atoms with Gasteiger partial charge in [-0.05, 0) is 0 Å². The molecule has 0 aromatic carbocycles. The number of carbonyl (C=O) groups excluding carboxylic acids is 2. The van der Waals surface area contributed by atoms with Crippen molar-refractivity contribution in [1.82, 2.24) is 15.3 Å². The van der Waals surface area contributed by atoms with Gasteiger partial charge < -0.3 is 15.6 Å². The molecule has 1 aliphatic rings. The summed E-state index contributed by atoms with van der Waals surface area (Å²) in [4.78, 5) is 29.0. The molecule has 0 fully saturated rings. The molecule has 0 radical (unpaired) electrons. The Kier molecular flexibility index (Phi) is 1.58. The van der Waals surface area contributed by atoms with Crippen molar-refractivity contribution in [2.45, 2.75) is 12.7 Å². The molecule has 0 saturated heterocycles. The number of H-pyrrole nitrogens is 1. The number of carbonyl (C=O) groups is 2. The first-order valence-electron chi connectivity index (χ1n) is 3.97. The van der Waals surface area contributed by atoms with Crippen LogP contribution in [-0.4, -0.2) is 27.4 Å². The van der Waals surface area contributed by atoms with Crippen LogP contribution in [0.25, 0.3) is 0 Å². The van der Waals surface area contributed by atoms with E-state index in [1.54, 1.807) is 0 Å². The predicted octanol–water partition coefficient (Wildman–Crippen LogP) is -1.23. The van der Waals surface area contributed by atoms with Gasteiger partial charge in [0.2, 0.25) is 5.79 Å². The molecule has 2 heterocycles. The van der Waals surface area contributed by atoms with Crippen LogP contribution in [0.5, 0.6) is 0 Å². The average molecular weight is 195 g/mol. The number of nitrogens with one attached hydrogen (secondary N) is 3. The predicted molar refractivity (Wildman–Crippen MR) is 47.3 cm³/mol. The molecule has 7 heteroatoms. The molecule has 1 aromatic rings. The third-order valence-corrected chi connectivity index (χ3v) is 2.05. The Bertz CT molecular complexity index is 412. The van der Waals surface area contributed by atoms with Gasteiger partial charge in [-0.15, -0.1) is 0 Å². The van der Waals surface area contributed by atoms with Crippen molar-refractivity contribution in [3.05, 3.63) is 12.0 Å². The number of aromatic nitrogens is 2. The molecule has 1 unspecified atom stereocenters. The summed E-state index contributed by atoms with van der Waals surface area (Å²) in [5, 5.41) is 4.98. The molecular formula is C7H9N5O2. The molecule has 0 bridgehead atoms. The Labute approximate surface area is 79.1 Å². The zero-order chi connectivity index (χ0) is 10.3. The number of rotatable bonds is 1. The zero-order valence-corrected chi connectivity index (χ0v) is 7.42. The number of amides is 1. The van der Waals surface area contributed by atoms with Crippen molar-refractivity contribution in [3.8, 4) is 0 Å². The van der Waals surface area contributed by atoms with E-state index in [-0.39, 0.29) is 17.3 Å². The van der Waals surface area contributed by atoms with E-state index < -0.39 is 11.7 Å². The fourth-order valence-electron chi connectivity index (χ4n) is 1.20. The van der Waals surface area contributed by atoms with Gasteiger partial charge in [0, 0.05) is 6.92 Å². The maximum atomic E-state index is 11.4. The second kappa shape index (κ2) is 2.55. The Morgan fingerprint density at radius 2 is 2.29 bits per heavy atom. The van der Waals surface area contributed by atoms with Crippen LogP contribution in [0.3, 0.4) is 0 Å². The normalized spacial score (nSPS) is 24.9. The van der Waals surface area contributed by atoms with Crippen LogP contribution in [0.15, 0.2) is 6.33 Å². The van der Waals surface area contributed by atoms with Crippen molar-refractivity contribution in [3.63, 3.8) is 0 Å². The molecule has 0 aliphatic carbocycles. The molecule has 0 spiro atoms. The monoisotopic (exact) mass is 195 g/mol. The van der Waals surface area contributed by atoms with Gasteiger partial charge in [0.25, 0.3) is 5.91 Å². The lowest BCUT2D eigenvalue weighted by molar-refractivity contribution is -0.121. The fraction of sp³-hybridized carbons (Fsp3) is 0.286. The molecule has 1 aliphatic heterocycles. The highest BCUT2D eigenvalue weighted by molar-refractivity contribution is 6.04. The van der Waals surface area contributed by atoms with E-state index in [1.165, 1.54) is 13.3 Å². The van der Waals surface area contributed by atoms with Gasteiger partial charge in [-0.25, -0.2) is 4.98 Å². The first kappa shape index (κ1) is 8.70. The van der Waals surface area contributed by atoms with Gasteiger partial charge >= 0.3 is 0 Å². The topological polar surface area (TPSA) is 113 Å². The van der Waals surface area contributed by atoms with Crippen LogP contribution in [-0.2, 0) is 4.79 Å². The third kappa shape index (κ3) is 1.06. The van der Waals surface area contributed by atoms with Crippen molar-refractivity contribution in [1.29, 1.82) is 0 Å². The summed E-state index contributed by atoms with van der Waals surface area (Å²) in [6, 6.07) is 0. The van der Waals surface area contributed by atoms with Crippen LogP contribution in [0.4, 0.5) is 5.82 Å². The lowest BCUT2D eigenvalue weighted by atomic mass is 10.2. The highest BCUT2D eigenvalue weighted by Crippen LogP contribution is 2.18. The summed E-state index contributed by atoms with van der Waals surface area (Å²) in [7, 11) is 0. The summed E-state index contributed by atoms with van der Waals surface area (Å²) in [5.41, 5.74) is 5.89. The standard InChI is InChI=1S/C7H9N5O2/c1-3(13)7(8)11-5-4(6(14)12-7)9-2-10-5/h2,11H,8H2,1H3,(H,9,10)(H,12,14). The number of anilines is 1. The van der Waals surface area contributed by atoms with E-state index in [1.807, 2.05) is 0 Å². The van der Waals surface area contributed by atoms with Gasteiger partial charge in [-0.2, -0.15) is 0 Å². The fourth-order valence-corrected chi connectivity index (χ4v) is 1.20. The molecule has 7 nitrogen and oxygen atoms in total. The number of imidazole rings is 1. The number of nitrogens with two attached hydrogens (primary N) is 1. The first-order valence-corrected chi connectivity index (χ1v) is 3.97. The molecular weight excluding hydrogens is 186 g/mol. The van der Waals surface area contributed by atoms with E-state index in [9.17, 15) is 9.59 Å². The number of hydrogen-bond donors (Lipinski definition) is 4. The largest absolute Gasteiger partial charge is 0.339 e. The number of Topliss-reactive ketones (excluding diaryl/α,β-unsaturated/α-hetero) is 1. The van der Waals surface area contributed by atoms with Crippen LogP contribution in [0.1, 0.15) is 17.4 Å². The lowest BCUT2D eigenvalue weighted by Crippen LogP contribution is -2.68. The van der Waals surface area contributed by atoms with Gasteiger partial charge in [-0.1, -0.05) is 0 Å². The molecule has 5 N–H and O–H groups in total. The quantitative estimate of drug-likeness (QED) is 0.448. The highest BCUT2D eigenvalue weighted by Gasteiger charge is 2.39. The van der Waals surface area contributed by atoms with Gasteiger partial charge in [-0.3, -0.25) is 15.3 Å². The van der Waals surface area contributed by atoms with E-state index in [4.69, 9.17) is 5.73 Å². The van der Waals surface area contributed by atoms with Crippen LogP contribution < -0.4 is 16.4 Å². The summed E-state index contributed by atoms with van der Waals surface area (Å²) < 4.78 is 0. The average Bonchev–Trinajstić information content (AvgIpc) is 2.51. The van der Waals surface area contributed by atoms with Crippen molar-refractivity contribution in [2.75, 3.05) is 5.32 Å². The van der Waals surface area contributed by atoms with Crippen molar-refractivity contribution >= 4 is 17.5 Å². The van der Waals surface area contributed by atoms with E-state index in [2.05, 4.69) is 20.6 Å². The minimum Gasteiger partial charge on any atom is -0.339 e. The number of ketones is 1. The summed E-state index contributed by atoms with van der Waals surface area (Å²) in [6.45, 7) is 1.28. The van der Waals surface area contributed by atoms with Gasteiger partial charge in [0.15, 0.2) is 11.6 Å². The second-order valence-corrected chi connectivity index (χ2v) is 3.07. The highest BCUT2D eigenvalue weighted by atomic mass is 16.2. The molecule has 74 valence electrons. The Morgan fingerprint density at radius 1 is 1.57 bits per heavy atom. The maximum Gasteiger partial charge on any atom is 0.274 e. The van der Waals surface area contributed by atoms with Crippen LogP contribution in [0.2, 0.25) is 0 Å². The molecule has 1 amide bonds. The molecule has 1 aromatic heterocycles. The summed E-state index contributed by atoms with van der Waals surface area (Å²) >= 11 is 0. The minimum absolute atomic E-state index is 0.271. The Morgan fingerprint density at radius 3 is 2.93 bits per heavy atom. The van der Waals surface area contributed by atoms with Crippen LogP contribution >= 0.6 is 0 Å². The Balaban J connectivity index is 2.43. The molecule has 1 atom stereocenters. The number of hydrogen-bond acceptors (Lipinski definition) is 5. The summed E-state index contributed by atoms with van der Waals surface area (Å²) in [6.07, 6.45) is 1.35. The number of aromatic amines is 1. The van der Waals surface area contributed by atoms with Gasteiger partial charge in [0.1, 0.15) is 5.69 Å². The van der Waals surface area contributed by atoms with E-state index in [0.29, 0.717) is 0 Å². The summed E-state index contributed by atoms with van der Waals surface area (Å²) in [5.74, 6) is -2.11. The van der Waals surface area contributed by atoms with Crippen molar-refractivity contribution in [2.24, 2.45) is 5.73 Å². The van der Waals surface area contributed by atoms with E-state index in [0.717, 1.165) is 0 Å². The third-order valence-electron chi connectivity index (χ3n) is 2.05. The van der Waals surface area contributed by atoms with Gasteiger partial charge in [0.05, 0.1) is 6.33 Å². The number of nitrogens with zero attached hydrogens (tertiary/aromatic N) is 1. The van der Waals surface area contributed by atoms with Crippen LogP contribution in [0, 0.1) is 0 Å². The SMILES string of the molecule is CC(=O)C1(N)NC(=O)c2[nH]cnc2N1. The zero-order valence-electron chi connectivity index (χ0n) is 7.42. The molecule has 14 heavy (non-hydrogen) atoms.